The van der Waals surface area contributed by atoms with Crippen LogP contribution in [0.15, 0.2) is 17.1 Å². The first-order valence-electron chi connectivity index (χ1n) is 3.39. The highest BCUT2D eigenvalue weighted by atomic mass is 35.5. The maximum atomic E-state index is 9.78. The van der Waals surface area contributed by atoms with Crippen LogP contribution in [-0.4, -0.2) is 16.3 Å². The van der Waals surface area contributed by atoms with Gasteiger partial charge in [0.15, 0.2) is 11.5 Å². The predicted octanol–water partition coefficient (Wildman–Crippen LogP) is 1.59. The minimum Gasteiger partial charge on any atom is -0.504 e. The zero-order valence-electron chi connectivity index (χ0n) is 6.49. The highest BCUT2D eigenvalue weighted by Crippen LogP contribution is 2.35. The number of hydrogen-bond donors (Lipinski definition) is 2. The number of isocyanates is 1. The van der Waals surface area contributed by atoms with E-state index in [1.807, 2.05) is 0 Å². The normalized spacial score (nSPS) is 9.31. The Labute approximate surface area is 79.1 Å². The van der Waals surface area contributed by atoms with Crippen molar-refractivity contribution in [1.82, 2.24) is 0 Å². The zero-order valence-corrected chi connectivity index (χ0v) is 7.25. The van der Waals surface area contributed by atoms with Gasteiger partial charge in [0, 0.05) is 5.56 Å². The molecule has 0 aliphatic carbocycles. The molecular weight excluding hydrogens is 194 g/mol. The molecule has 0 fully saturated rings. The summed E-state index contributed by atoms with van der Waals surface area (Å²) in [7, 11) is 0. The Hall–Kier alpha value is -1.51. The molecule has 0 aliphatic rings. The van der Waals surface area contributed by atoms with Crippen LogP contribution in [0.25, 0.3) is 0 Å². The van der Waals surface area contributed by atoms with Crippen LogP contribution in [0.1, 0.15) is 5.56 Å². The molecule has 0 atom stereocenters. The summed E-state index contributed by atoms with van der Waals surface area (Å²) in [6.07, 6.45) is 1.33. The van der Waals surface area contributed by atoms with E-state index in [0.29, 0.717) is 5.56 Å². The summed E-state index contributed by atoms with van der Waals surface area (Å²) < 4.78 is 0. The first-order chi connectivity index (χ1) is 6.16. The number of benzene rings is 1. The second-order valence-corrected chi connectivity index (χ2v) is 2.72. The molecule has 0 saturated heterocycles. The van der Waals surface area contributed by atoms with Crippen LogP contribution in [0.3, 0.4) is 0 Å². The van der Waals surface area contributed by atoms with E-state index in [1.54, 1.807) is 0 Å². The molecule has 0 amide bonds. The van der Waals surface area contributed by atoms with Gasteiger partial charge in [-0.1, -0.05) is 17.7 Å². The second kappa shape index (κ2) is 3.94. The summed E-state index contributed by atoms with van der Waals surface area (Å²) in [6.45, 7) is -0.0277. The SMILES string of the molecule is O=C=NCc1ccc(Cl)c(O)c1O. The number of nitrogens with zero attached hydrogens (tertiary/aromatic N) is 1. The average Bonchev–Trinajstić information content (AvgIpc) is 2.13. The third-order valence-electron chi connectivity index (χ3n) is 1.50. The summed E-state index contributed by atoms with van der Waals surface area (Å²) in [5.41, 5.74) is 0.324. The maximum absolute atomic E-state index is 9.78. The fraction of sp³-hybridized carbons (Fsp3) is 0.125. The molecule has 0 heterocycles. The lowest BCUT2D eigenvalue weighted by Crippen LogP contribution is -1.83. The van der Waals surface area contributed by atoms with E-state index >= 15 is 0 Å². The van der Waals surface area contributed by atoms with Gasteiger partial charge in [0.2, 0.25) is 6.08 Å². The smallest absolute Gasteiger partial charge is 0.235 e. The largest absolute Gasteiger partial charge is 0.504 e. The van der Waals surface area contributed by atoms with Gasteiger partial charge in [-0.05, 0) is 6.07 Å². The number of halogens is 1. The minimum absolute atomic E-state index is 0.0277. The number of aliphatic imine (C=N–C) groups is 1. The van der Waals surface area contributed by atoms with Gasteiger partial charge >= 0.3 is 0 Å². The topological polar surface area (TPSA) is 69.9 Å². The Bertz CT molecular complexity index is 372. The fourth-order valence-electron chi connectivity index (χ4n) is 0.842. The third kappa shape index (κ3) is 1.99. The molecule has 0 aliphatic heterocycles. The summed E-state index contributed by atoms with van der Waals surface area (Å²) in [5, 5.41) is 18.5. The fourth-order valence-corrected chi connectivity index (χ4v) is 0.994. The van der Waals surface area contributed by atoms with Crippen molar-refractivity contribution >= 4 is 17.7 Å². The number of rotatable bonds is 2. The molecule has 0 bridgehead atoms. The molecule has 13 heavy (non-hydrogen) atoms. The zero-order chi connectivity index (χ0) is 9.84. The lowest BCUT2D eigenvalue weighted by atomic mass is 10.2. The standard InChI is InChI=1S/C8H6ClNO3/c9-6-2-1-5(3-10-4-11)7(12)8(6)13/h1-2,12-13H,3H2. The van der Waals surface area contributed by atoms with Crippen LogP contribution in [0.4, 0.5) is 0 Å². The summed E-state index contributed by atoms with van der Waals surface area (Å²) in [6, 6.07) is 2.88. The van der Waals surface area contributed by atoms with Gasteiger partial charge < -0.3 is 10.2 Å². The van der Waals surface area contributed by atoms with Crippen molar-refractivity contribution in [1.29, 1.82) is 0 Å². The molecule has 4 nitrogen and oxygen atoms in total. The van der Waals surface area contributed by atoms with Crippen molar-refractivity contribution in [2.75, 3.05) is 0 Å². The van der Waals surface area contributed by atoms with Crippen LogP contribution in [0.5, 0.6) is 11.5 Å². The van der Waals surface area contributed by atoms with Crippen LogP contribution >= 0.6 is 11.6 Å². The second-order valence-electron chi connectivity index (χ2n) is 2.31. The van der Waals surface area contributed by atoms with Gasteiger partial charge in [0.05, 0.1) is 11.6 Å². The van der Waals surface area contributed by atoms with Crippen LogP contribution < -0.4 is 0 Å². The molecule has 0 spiro atoms. The van der Waals surface area contributed by atoms with E-state index in [2.05, 4.69) is 4.99 Å². The molecule has 1 rings (SSSR count). The molecular formula is C8H6ClNO3. The summed E-state index contributed by atoms with van der Waals surface area (Å²) in [5.74, 6) is -0.758. The molecule has 2 N–H and O–H groups in total. The predicted molar refractivity (Wildman–Crippen MR) is 46.6 cm³/mol. The van der Waals surface area contributed by atoms with E-state index in [0.717, 1.165) is 0 Å². The molecule has 0 aromatic heterocycles. The van der Waals surface area contributed by atoms with Gasteiger partial charge in [-0.2, -0.15) is 0 Å². The summed E-state index contributed by atoms with van der Waals surface area (Å²) >= 11 is 5.50. The van der Waals surface area contributed by atoms with Crippen LogP contribution in [-0.2, 0) is 11.3 Å². The molecule has 0 unspecified atom stereocenters. The Morgan fingerprint density at radius 1 is 1.38 bits per heavy atom. The van der Waals surface area contributed by atoms with E-state index in [-0.39, 0.29) is 17.3 Å². The van der Waals surface area contributed by atoms with Crippen molar-refractivity contribution < 1.29 is 15.0 Å². The van der Waals surface area contributed by atoms with Crippen LogP contribution in [0, 0.1) is 0 Å². The number of hydrogen-bond acceptors (Lipinski definition) is 4. The van der Waals surface area contributed by atoms with Crippen molar-refractivity contribution in [2.24, 2.45) is 4.99 Å². The summed E-state index contributed by atoms with van der Waals surface area (Å²) in [4.78, 5) is 13.0. The highest BCUT2D eigenvalue weighted by molar-refractivity contribution is 6.32. The number of phenolic OH excluding ortho intramolecular Hbond substituents is 2. The van der Waals surface area contributed by atoms with Crippen molar-refractivity contribution in [3.8, 4) is 11.5 Å². The first-order valence-corrected chi connectivity index (χ1v) is 3.77. The van der Waals surface area contributed by atoms with Gasteiger partial charge in [-0.15, -0.1) is 0 Å². The lowest BCUT2D eigenvalue weighted by molar-refractivity contribution is 0.399. The van der Waals surface area contributed by atoms with Gasteiger partial charge in [-0.25, -0.2) is 9.79 Å². The molecule has 5 heteroatoms. The highest BCUT2D eigenvalue weighted by Gasteiger charge is 2.09. The Kier molecular flexibility index (Phi) is 2.90. The van der Waals surface area contributed by atoms with Crippen molar-refractivity contribution in [2.45, 2.75) is 6.54 Å². The van der Waals surface area contributed by atoms with Gasteiger partial charge in [0.1, 0.15) is 0 Å². The lowest BCUT2D eigenvalue weighted by Gasteiger charge is -2.03. The average molecular weight is 200 g/mol. The number of carbonyl (C=O) groups excluding carboxylic acids is 1. The molecule has 0 radical (unpaired) electrons. The molecule has 1 aromatic rings. The number of aromatic hydroxyl groups is 2. The Balaban J connectivity index is 3.10. The maximum Gasteiger partial charge on any atom is 0.235 e. The van der Waals surface area contributed by atoms with Gasteiger partial charge in [0.25, 0.3) is 0 Å². The minimum atomic E-state index is -0.403. The molecule has 68 valence electrons. The van der Waals surface area contributed by atoms with Crippen LogP contribution in [0.2, 0.25) is 5.02 Å². The van der Waals surface area contributed by atoms with Crippen molar-refractivity contribution in [3.63, 3.8) is 0 Å². The van der Waals surface area contributed by atoms with Gasteiger partial charge in [-0.3, -0.25) is 0 Å². The Morgan fingerprint density at radius 3 is 2.69 bits per heavy atom. The first kappa shape index (κ1) is 9.58. The molecule has 1 aromatic carbocycles. The number of phenols is 2. The quantitative estimate of drug-likeness (QED) is 0.432. The Morgan fingerprint density at radius 2 is 2.08 bits per heavy atom. The van der Waals surface area contributed by atoms with E-state index in [4.69, 9.17) is 16.7 Å². The van der Waals surface area contributed by atoms with E-state index < -0.39 is 5.75 Å². The monoisotopic (exact) mass is 199 g/mol. The van der Waals surface area contributed by atoms with E-state index in [1.165, 1.54) is 18.2 Å². The third-order valence-corrected chi connectivity index (χ3v) is 1.80. The van der Waals surface area contributed by atoms with Crippen molar-refractivity contribution in [3.05, 3.63) is 22.7 Å². The molecule has 0 saturated carbocycles. The van der Waals surface area contributed by atoms with E-state index in [9.17, 15) is 9.90 Å².